The van der Waals surface area contributed by atoms with E-state index in [-0.39, 0.29) is 18.1 Å². The Morgan fingerprint density at radius 3 is 2.61 bits per heavy atom. The number of hydrogen-bond acceptors (Lipinski definition) is 6. The van der Waals surface area contributed by atoms with Gasteiger partial charge in [-0.15, -0.1) is 0 Å². The molecule has 0 spiro atoms. The van der Waals surface area contributed by atoms with Crippen LogP contribution in [0.3, 0.4) is 0 Å². The molecule has 1 aromatic heterocycles. The number of nitrogens with zero attached hydrogens (tertiary/aromatic N) is 4. The summed E-state index contributed by atoms with van der Waals surface area (Å²) in [7, 11) is 1.99. The maximum Gasteiger partial charge on any atom is 0.236 e. The van der Waals surface area contributed by atoms with E-state index in [0.717, 1.165) is 64.3 Å². The van der Waals surface area contributed by atoms with Crippen molar-refractivity contribution in [3.05, 3.63) is 30.1 Å². The summed E-state index contributed by atoms with van der Waals surface area (Å²) in [6.07, 6.45) is 5.08. The standard InChI is InChI=1S/C21H32N4O3/c1-23(12-16-2-4-22-5-3-16)15-21(27)25-13-17-10-19(20(26)11-18(17)14-25)24-6-8-28-9-7-24/h2-5,17-20,26H,6-15H2,1H3/t17-,18+,19-,20-/m1/s1. The van der Waals surface area contributed by atoms with Crippen LogP contribution < -0.4 is 0 Å². The van der Waals surface area contributed by atoms with Crippen molar-refractivity contribution >= 4 is 5.91 Å². The van der Waals surface area contributed by atoms with Gasteiger partial charge in [0.2, 0.25) is 5.91 Å². The average molecular weight is 389 g/mol. The lowest BCUT2D eigenvalue weighted by atomic mass is 9.77. The van der Waals surface area contributed by atoms with Crippen LogP contribution in [0.1, 0.15) is 18.4 Å². The largest absolute Gasteiger partial charge is 0.391 e. The second-order valence-corrected chi connectivity index (χ2v) is 8.60. The number of pyridine rings is 1. The zero-order valence-electron chi connectivity index (χ0n) is 16.7. The van der Waals surface area contributed by atoms with Crippen molar-refractivity contribution in [2.45, 2.75) is 31.5 Å². The van der Waals surface area contributed by atoms with E-state index in [2.05, 4.69) is 14.8 Å². The van der Waals surface area contributed by atoms with Gasteiger partial charge in [-0.05, 0) is 49.4 Å². The fourth-order valence-electron chi connectivity index (χ4n) is 5.10. The van der Waals surface area contributed by atoms with Crippen molar-refractivity contribution in [1.82, 2.24) is 19.7 Å². The molecule has 0 unspecified atom stereocenters. The fraction of sp³-hybridized carbons (Fsp3) is 0.714. The van der Waals surface area contributed by atoms with E-state index < -0.39 is 0 Å². The average Bonchev–Trinajstić information content (AvgIpc) is 3.11. The van der Waals surface area contributed by atoms with E-state index in [4.69, 9.17) is 4.74 Å². The summed E-state index contributed by atoms with van der Waals surface area (Å²) in [4.78, 5) is 23.3. The molecule has 1 saturated carbocycles. The Morgan fingerprint density at radius 1 is 1.21 bits per heavy atom. The maximum atomic E-state index is 12.8. The highest BCUT2D eigenvalue weighted by Gasteiger charge is 2.44. The molecule has 1 aliphatic carbocycles. The molecule has 154 valence electrons. The van der Waals surface area contributed by atoms with E-state index in [9.17, 15) is 9.90 Å². The van der Waals surface area contributed by atoms with E-state index in [1.807, 2.05) is 24.1 Å². The number of hydrogen-bond donors (Lipinski definition) is 1. The second-order valence-electron chi connectivity index (χ2n) is 8.60. The molecule has 4 atom stereocenters. The van der Waals surface area contributed by atoms with Crippen LogP contribution in [0.2, 0.25) is 0 Å². The van der Waals surface area contributed by atoms with E-state index >= 15 is 0 Å². The Bertz CT molecular complexity index is 652. The zero-order chi connectivity index (χ0) is 19.5. The smallest absolute Gasteiger partial charge is 0.236 e. The molecule has 3 heterocycles. The second kappa shape index (κ2) is 8.86. The van der Waals surface area contributed by atoms with Crippen LogP contribution >= 0.6 is 0 Å². The maximum absolute atomic E-state index is 12.8. The molecule has 3 fully saturated rings. The summed E-state index contributed by atoms with van der Waals surface area (Å²) in [5, 5.41) is 10.7. The van der Waals surface area contributed by atoms with Gasteiger partial charge >= 0.3 is 0 Å². The third-order valence-corrected chi connectivity index (χ3v) is 6.58. The Morgan fingerprint density at radius 2 is 1.89 bits per heavy atom. The number of carbonyl (C=O) groups excluding carboxylic acids is 1. The predicted octanol–water partition coefficient (Wildman–Crippen LogP) is 0.444. The molecule has 7 heteroatoms. The van der Waals surface area contributed by atoms with Gasteiger partial charge in [-0.3, -0.25) is 19.6 Å². The minimum absolute atomic E-state index is 0.198. The molecule has 0 bridgehead atoms. The molecule has 2 aliphatic heterocycles. The van der Waals surface area contributed by atoms with Gasteiger partial charge in [-0.25, -0.2) is 0 Å². The number of likely N-dealkylation sites (tertiary alicyclic amines) is 1. The van der Waals surface area contributed by atoms with Crippen LogP contribution in [-0.4, -0.2) is 95.8 Å². The summed E-state index contributed by atoms with van der Waals surface area (Å²) in [6, 6.07) is 4.19. The zero-order valence-corrected chi connectivity index (χ0v) is 16.7. The number of amides is 1. The predicted molar refractivity (Wildman–Crippen MR) is 106 cm³/mol. The number of morpholine rings is 1. The number of aromatic nitrogens is 1. The molecule has 1 amide bonds. The van der Waals surface area contributed by atoms with E-state index in [1.54, 1.807) is 12.4 Å². The highest BCUT2D eigenvalue weighted by atomic mass is 16.5. The van der Waals surface area contributed by atoms with Gasteiger partial charge in [0.05, 0.1) is 25.9 Å². The highest BCUT2D eigenvalue weighted by molar-refractivity contribution is 5.78. The van der Waals surface area contributed by atoms with Gasteiger partial charge in [-0.2, -0.15) is 0 Å². The summed E-state index contributed by atoms with van der Waals surface area (Å²) in [5.74, 6) is 1.14. The third-order valence-electron chi connectivity index (χ3n) is 6.58. The van der Waals surface area contributed by atoms with E-state index in [1.165, 1.54) is 0 Å². The minimum atomic E-state index is -0.288. The molecular formula is C21H32N4O3. The Kier molecular flexibility index (Phi) is 6.25. The number of ether oxygens (including phenoxy) is 1. The van der Waals surface area contributed by atoms with Crippen LogP contribution in [0, 0.1) is 11.8 Å². The number of likely N-dealkylation sites (N-methyl/N-ethyl adjacent to an activating group) is 1. The number of carbonyl (C=O) groups is 1. The Balaban J connectivity index is 1.30. The quantitative estimate of drug-likeness (QED) is 0.790. The number of aliphatic hydroxyl groups is 1. The van der Waals surface area contributed by atoms with Crippen molar-refractivity contribution in [3.63, 3.8) is 0 Å². The summed E-state index contributed by atoms with van der Waals surface area (Å²) in [6.45, 7) is 6.12. The van der Waals surface area contributed by atoms with Gasteiger partial charge in [0, 0.05) is 51.2 Å². The van der Waals surface area contributed by atoms with Crippen molar-refractivity contribution < 1.29 is 14.6 Å². The Hall–Kier alpha value is -1.54. The monoisotopic (exact) mass is 388 g/mol. The lowest BCUT2D eigenvalue weighted by molar-refractivity contribution is -0.131. The molecule has 3 aliphatic rings. The summed E-state index contributed by atoms with van der Waals surface area (Å²) < 4.78 is 5.46. The van der Waals surface area contributed by atoms with Gasteiger partial charge in [0.15, 0.2) is 0 Å². The van der Waals surface area contributed by atoms with Gasteiger partial charge < -0.3 is 14.7 Å². The topological polar surface area (TPSA) is 69.1 Å². The van der Waals surface area contributed by atoms with Crippen molar-refractivity contribution in [2.75, 3.05) is 53.0 Å². The highest BCUT2D eigenvalue weighted by Crippen LogP contribution is 2.38. The minimum Gasteiger partial charge on any atom is -0.391 e. The molecule has 28 heavy (non-hydrogen) atoms. The van der Waals surface area contributed by atoms with Gasteiger partial charge in [0.25, 0.3) is 0 Å². The first-order valence-corrected chi connectivity index (χ1v) is 10.4. The van der Waals surface area contributed by atoms with Crippen molar-refractivity contribution in [1.29, 1.82) is 0 Å². The molecule has 0 radical (unpaired) electrons. The lowest BCUT2D eigenvalue weighted by Crippen LogP contribution is -2.53. The molecule has 0 aromatic carbocycles. The number of aliphatic hydroxyl groups excluding tert-OH is 1. The molecule has 7 nitrogen and oxygen atoms in total. The summed E-state index contributed by atoms with van der Waals surface area (Å²) in [5.41, 5.74) is 1.16. The molecular weight excluding hydrogens is 356 g/mol. The summed E-state index contributed by atoms with van der Waals surface area (Å²) >= 11 is 0. The third kappa shape index (κ3) is 4.54. The van der Waals surface area contributed by atoms with Crippen LogP contribution in [0.5, 0.6) is 0 Å². The number of rotatable bonds is 5. The van der Waals surface area contributed by atoms with Gasteiger partial charge in [-0.1, -0.05) is 0 Å². The van der Waals surface area contributed by atoms with Crippen LogP contribution in [0.4, 0.5) is 0 Å². The normalized spacial score (nSPS) is 31.2. The number of fused-ring (bicyclic) bond motifs is 1. The SMILES string of the molecule is CN(CC(=O)N1C[C@H]2C[C@@H](N3CCOCC3)[C@H](O)C[C@H]2C1)Cc1ccncc1. The molecule has 4 rings (SSSR count). The lowest BCUT2D eigenvalue weighted by Gasteiger charge is -2.43. The first kappa shape index (κ1) is 19.8. The van der Waals surface area contributed by atoms with Crippen molar-refractivity contribution in [3.8, 4) is 0 Å². The molecule has 2 saturated heterocycles. The fourth-order valence-corrected chi connectivity index (χ4v) is 5.10. The first-order valence-electron chi connectivity index (χ1n) is 10.4. The van der Waals surface area contributed by atoms with Crippen LogP contribution in [-0.2, 0) is 16.1 Å². The Labute approximate surface area is 167 Å². The van der Waals surface area contributed by atoms with Crippen LogP contribution in [0.25, 0.3) is 0 Å². The van der Waals surface area contributed by atoms with Crippen molar-refractivity contribution in [2.24, 2.45) is 11.8 Å². The molecule has 1 aromatic rings. The van der Waals surface area contributed by atoms with Gasteiger partial charge in [0.1, 0.15) is 0 Å². The first-order chi connectivity index (χ1) is 13.6. The van der Waals surface area contributed by atoms with Crippen LogP contribution in [0.15, 0.2) is 24.5 Å². The molecule has 1 N–H and O–H groups in total. The van der Waals surface area contributed by atoms with E-state index in [0.29, 0.717) is 18.4 Å².